The molecule has 1 saturated heterocycles. The van der Waals surface area contributed by atoms with Crippen molar-refractivity contribution >= 4 is 23.6 Å². The summed E-state index contributed by atoms with van der Waals surface area (Å²) in [5.41, 5.74) is 1.05. The van der Waals surface area contributed by atoms with Gasteiger partial charge >= 0.3 is 6.09 Å². The number of piperidine rings is 1. The molecule has 0 spiro atoms. The van der Waals surface area contributed by atoms with Crippen molar-refractivity contribution in [1.82, 2.24) is 10.2 Å². The fourth-order valence-corrected chi connectivity index (χ4v) is 3.07. The van der Waals surface area contributed by atoms with Crippen LogP contribution in [0.25, 0.3) is 0 Å². The van der Waals surface area contributed by atoms with Gasteiger partial charge in [0.25, 0.3) is 0 Å². The van der Waals surface area contributed by atoms with Crippen molar-refractivity contribution in [3.63, 3.8) is 0 Å². The van der Waals surface area contributed by atoms with Crippen molar-refractivity contribution < 1.29 is 14.3 Å². The second kappa shape index (κ2) is 8.92. The molecular formula is C18H25ClN2O3. The maximum atomic E-state index is 12.5. The number of carbonyl (C=O) groups is 2. The van der Waals surface area contributed by atoms with Gasteiger partial charge < -0.3 is 15.0 Å². The smallest absolute Gasteiger partial charge is 0.409 e. The van der Waals surface area contributed by atoms with Crippen molar-refractivity contribution in [3.8, 4) is 0 Å². The van der Waals surface area contributed by atoms with Crippen LogP contribution in [0.3, 0.4) is 0 Å². The van der Waals surface area contributed by atoms with Gasteiger partial charge in [-0.05, 0) is 43.9 Å². The zero-order chi connectivity index (χ0) is 17.5. The Labute approximate surface area is 148 Å². The van der Waals surface area contributed by atoms with Gasteiger partial charge in [-0.2, -0.15) is 0 Å². The Morgan fingerprint density at radius 3 is 2.42 bits per heavy atom. The van der Waals surface area contributed by atoms with Crippen LogP contribution < -0.4 is 5.32 Å². The van der Waals surface area contributed by atoms with E-state index >= 15 is 0 Å². The zero-order valence-corrected chi connectivity index (χ0v) is 15.0. The number of halogens is 1. The monoisotopic (exact) mass is 352 g/mol. The highest BCUT2D eigenvalue weighted by Crippen LogP contribution is 2.22. The summed E-state index contributed by atoms with van der Waals surface area (Å²) in [5.74, 6) is -0.00247. The lowest BCUT2D eigenvalue weighted by Gasteiger charge is -2.31. The molecule has 0 radical (unpaired) electrons. The van der Waals surface area contributed by atoms with E-state index in [1.54, 1.807) is 11.8 Å². The van der Waals surface area contributed by atoms with Gasteiger partial charge in [0, 0.05) is 24.0 Å². The zero-order valence-electron chi connectivity index (χ0n) is 14.3. The van der Waals surface area contributed by atoms with Gasteiger partial charge in [-0.25, -0.2) is 4.79 Å². The molecule has 0 bridgehead atoms. The van der Waals surface area contributed by atoms with Gasteiger partial charge in [0.05, 0.1) is 12.6 Å². The van der Waals surface area contributed by atoms with Gasteiger partial charge in [-0.1, -0.05) is 30.7 Å². The Kier molecular flexibility index (Phi) is 6.91. The lowest BCUT2D eigenvalue weighted by molar-refractivity contribution is -0.127. The number of carbonyl (C=O) groups excluding carboxylic acids is 2. The molecule has 1 N–H and O–H groups in total. The van der Waals surface area contributed by atoms with Gasteiger partial charge in [0.15, 0.2) is 0 Å². The lowest BCUT2D eigenvalue weighted by Crippen LogP contribution is -2.43. The molecule has 2 rings (SSSR count). The molecule has 1 aliphatic heterocycles. The van der Waals surface area contributed by atoms with Crippen LogP contribution >= 0.6 is 11.6 Å². The molecule has 0 saturated carbocycles. The predicted molar refractivity (Wildman–Crippen MR) is 93.9 cm³/mol. The number of nitrogens with zero attached hydrogens (tertiary/aromatic N) is 1. The second-order valence-electron chi connectivity index (χ2n) is 5.98. The Morgan fingerprint density at radius 2 is 1.88 bits per heavy atom. The third-order valence-electron chi connectivity index (χ3n) is 4.39. The molecule has 1 fully saturated rings. The molecular weight excluding hydrogens is 328 g/mol. The van der Waals surface area contributed by atoms with Crippen LogP contribution in [-0.2, 0) is 9.53 Å². The highest BCUT2D eigenvalue weighted by atomic mass is 35.5. The Bertz CT molecular complexity index is 554. The first-order valence-electron chi connectivity index (χ1n) is 8.52. The average molecular weight is 353 g/mol. The van der Waals surface area contributed by atoms with Crippen LogP contribution in [0.1, 0.15) is 44.7 Å². The van der Waals surface area contributed by atoms with E-state index in [1.807, 2.05) is 31.2 Å². The number of hydrogen-bond acceptors (Lipinski definition) is 3. The summed E-state index contributed by atoms with van der Waals surface area (Å²) in [6.07, 6.45) is 1.86. The average Bonchev–Trinajstić information content (AvgIpc) is 2.60. The summed E-state index contributed by atoms with van der Waals surface area (Å²) in [6.45, 7) is 5.34. The first kappa shape index (κ1) is 18.6. The van der Waals surface area contributed by atoms with E-state index in [2.05, 4.69) is 5.32 Å². The lowest BCUT2D eigenvalue weighted by atomic mass is 9.95. The minimum Gasteiger partial charge on any atom is -0.450 e. The summed E-state index contributed by atoms with van der Waals surface area (Å²) in [4.78, 5) is 25.9. The number of hydrogen-bond donors (Lipinski definition) is 1. The Hall–Kier alpha value is -1.75. The fourth-order valence-electron chi connectivity index (χ4n) is 2.94. The van der Waals surface area contributed by atoms with Gasteiger partial charge in [0.2, 0.25) is 5.91 Å². The third-order valence-corrected chi connectivity index (χ3v) is 4.64. The van der Waals surface area contributed by atoms with Gasteiger partial charge in [-0.15, -0.1) is 0 Å². The molecule has 0 aromatic heterocycles. The molecule has 2 amide bonds. The normalized spacial score (nSPS) is 16.5. The van der Waals surface area contributed by atoms with Crippen LogP contribution in [0.5, 0.6) is 0 Å². The molecule has 1 aliphatic rings. The molecule has 5 nitrogen and oxygen atoms in total. The summed E-state index contributed by atoms with van der Waals surface area (Å²) in [5, 5.41) is 3.81. The van der Waals surface area contributed by atoms with Gasteiger partial charge in [-0.3, -0.25) is 4.79 Å². The van der Waals surface area contributed by atoms with Crippen LogP contribution in [0.4, 0.5) is 4.79 Å². The summed E-state index contributed by atoms with van der Waals surface area (Å²) in [6, 6.07) is 7.55. The first-order valence-corrected chi connectivity index (χ1v) is 8.90. The van der Waals surface area contributed by atoms with E-state index in [0.29, 0.717) is 37.6 Å². The fraction of sp³-hybridized carbons (Fsp3) is 0.556. The maximum Gasteiger partial charge on any atom is 0.409 e. The molecule has 1 heterocycles. The number of benzene rings is 1. The summed E-state index contributed by atoms with van der Waals surface area (Å²) >= 11 is 5.92. The van der Waals surface area contributed by atoms with E-state index in [0.717, 1.165) is 12.0 Å². The number of amides is 2. The number of ether oxygens (including phenoxy) is 1. The largest absolute Gasteiger partial charge is 0.450 e. The van der Waals surface area contributed by atoms with Crippen LogP contribution in [0.15, 0.2) is 24.3 Å². The minimum absolute atomic E-state index is 0.0159. The number of rotatable bonds is 5. The SMILES string of the molecule is CCOC(=O)N1CCC(C(=O)NC(CC)c2ccc(Cl)cc2)CC1. The van der Waals surface area contributed by atoms with Crippen molar-refractivity contribution in [1.29, 1.82) is 0 Å². The number of likely N-dealkylation sites (tertiary alicyclic amines) is 1. The molecule has 0 aliphatic carbocycles. The molecule has 132 valence electrons. The Balaban J connectivity index is 1.88. The predicted octanol–water partition coefficient (Wildman–Crippen LogP) is 3.78. The van der Waals surface area contributed by atoms with Crippen molar-refractivity contribution in [2.75, 3.05) is 19.7 Å². The van der Waals surface area contributed by atoms with Crippen molar-refractivity contribution in [3.05, 3.63) is 34.9 Å². The quantitative estimate of drug-likeness (QED) is 0.877. The van der Waals surface area contributed by atoms with E-state index in [4.69, 9.17) is 16.3 Å². The topological polar surface area (TPSA) is 58.6 Å². The van der Waals surface area contributed by atoms with Crippen molar-refractivity contribution in [2.24, 2.45) is 5.92 Å². The summed E-state index contributed by atoms with van der Waals surface area (Å²) in [7, 11) is 0. The minimum atomic E-state index is -0.288. The molecule has 6 heteroatoms. The first-order chi connectivity index (χ1) is 11.5. The van der Waals surface area contributed by atoms with E-state index in [1.165, 1.54) is 0 Å². The van der Waals surface area contributed by atoms with E-state index in [-0.39, 0.29) is 24.0 Å². The molecule has 1 atom stereocenters. The van der Waals surface area contributed by atoms with Gasteiger partial charge in [0.1, 0.15) is 0 Å². The third kappa shape index (κ3) is 4.87. The van der Waals surface area contributed by atoms with Crippen LogP contribution in [-0.4, -0.2) is 36.6 Å². The van der Waals surface area contributed by atoms with Crippen molar-refractivity contribution in [2.45, 2.75) is 39.2 Å². The molecule has 1 aromatic carbocycles. The highest BCUT2D eigenvalue weighted by Gasteiger charge is 2.29. The Morgan fingerprint density at radius 1 is 1.25 bits per heavy atom. The second-order valence-corrected chi connectivity index (χ2v) is 6.42. The van der Waals surface area contributed by atoms with E-state index in [9.17, 15) is 9.59 Å². The maximum absolute atomic E-state index is 12.5. The highest BCUT2D eigenvalue weighted by molar-refractivity contribution is 6.30. The molecule has 1 aromatic rings. The molecule has 24 heavy (non-hydrogen) atoms. The van der Waals surface area contributed by atoms with E-state index < -0.39 is 0 Å². The van der Waals surface area contributed by atoms with Crippen LogP contribution in [0, 0.1) is 5.92 Å². The van der Waals surface area contributed by atoms with Crippen LogP contribution in [0.2, 0.25) is 5.02 Å². The molecule has 1 unspecified atom stereocenters. The summed E-state index contributed by atoms with van der Waals surface area (Å²) < 4.78 is 5.00. The number of nitrogens with one attached hydrogen (secondary N) is 1. The standard InChI is InChI=1S/C18H25ClN2O3/c1-3-16(13-5-7-15(19)8-6-13)20-17(22)14-9-11-21(12-10-14)18(23)24-4-2/h5-8,14,16H,3-4,9-12H2,1-2H3,(H,20,22).